The van der Waals surface area contributed by atoms with Crippen molar-refractivity contribution in [3.8, 4) is 17.0 Å². The highest BCUT2D eigenvalue weighted by molar-refractivity contribution is 5.84. The molecule has 1 aromatic carbocycles. The second-order valence-corrected chi connectivity index (χ2v) is 4.98. The van der Waals surface area contributed by atoms with E-state index in [0.29, 0.717) is 11.3 Å². The molecule has 102 valence electrons. The van der Waals surface area contributed by atoms with Crippen molar-refractivity contribution in [2.45, 2.75) is 26.9 Å². The smallest absolute Gasteiger partial charge is 0.227 e. The van der Waals surface area contributed by atoms with Crippen molar-refractivity contribution in [2.24, 2.45) is 0 Å². The zero-order valence-electron chi connectivity index (χ0n) is 11.8. The quantitative estimate of drug-likeness (QED) is 0.720. The Morgan fingerprint density at radius 2 is 1.90 bits per heavy atom. The third-order valence-corrected chi connectivity index (χ3v) is 2.99. The summed E-state index contributed by atoms with van der Waals surface area (Å²) in [6.45, 7) is 5.85. The summed E-state index contributed by atoms with van der Waals surface area (Å²) < 4.78 is 11.2. The Kier molecular flexibility index (Phi) is 3.14. The number of aryl methyl sites for hydroxylation is 1. The number of aromatic nitrogens is 2. The topological polar surface area (TPSA) is 48.2 Å². The van der Waals surface area contributed by atoms with Gasteiger partial charge in [-0.15, -0.1) is 0 Å². The minimum atomic E-state index is 0.0645. The van der Waals surface area contributed by atoms with Gasteiger partial charge in [-0.05, 0) is 20.8 Å². The van der Waals surface area contributed by atoms with Crippen LogP contribution in [0.4, 0.5) is 0 Å². The highest BCUT2D eigenvalue weighted by atomic mass is 16.5. The molecular weight excluding hydrogens is 252 g/mol. The molecule has 2 aromatic heterocycles. The van der Waals surface area contributed by atoms with E-state index in [1.54, 1.807) is 0 Å². The first-order valence-electron chi connectivity index (χ1n) is 6.64. The minimum absolute atomic E-state index is 0.0645. The van der Waals surface area contributed by atoms with E-state index in [1.165, 1.54) is 0 Å². The summed E-state index contributed by atoms with van der Waals surface area (Å²) in [6.07, 6.45) is 0.0645. The molecule has 0 saturated heterocycles. The molecule has 0 bridgehead atoms. The normalized spacial score (nSPS) is 11.2. The molecule has 0 unspecified atom stereocenters. The monoisotopic (exact) mass is 268 g/mol. The fourth-order valence-electron chi connectivity index (χ4n) is 2.10. The highest BCUT2D eigenvalue weighted by Crippen LogP contribution is 2.32. The number of hydrogen-bond acceptors (Lipinski definition) is 4. The Balaban J connectivity index is 2.21. The third-order valence-electron chi connectivity index (χ3n) is 2.99. The Labute approximate surface area is 117 Å². The number of rotatable bonds is 3. The van der Waals surface area contributed by atoms with E-state index in [2.05, 4.69) is 10.1 Å². The first-order chi connectivity index (χ1) is 9.65. The molecular formula is C16H16N2O2. The summed E-state index contributed by atoms with van der Waals surface area (Å²) in [4.78, 5) is 4.64. The second kappa shape index (κ2) is 4.96. The van der Waals surface area contributed by atoms with Gasteiger partial charge in [-0.2, -0.15) is 0 Å². The fraction of sp³-hybridized carbons (Fsp3) is 0.250. The summed E-state index contributed by atoms with van der Waals surface area (Å²) in [6, 6.07) is 11.9. The zero-order valence-corrected chi connectivity index (χ0v) is 11.8. The van der Waals surface area contributed by atoms with E-state index in [1.807, 2.05) is 57.2 Å². The molecule has 0 spiro atoms. The number of hydrogen-bond donors (Lipinski definition) is 0. The van der Waals surface area contributed by atoms with E-state index in [9.17, 15) is 0 Å². The highest BCUT2D eigenvalue weighted by Gasteiger charge is 2.16. The van der Waals surface area contributed by atoms with Crippen molar-refractivity contribution in [1.29, 1.82) is 0 Å². The van der Waals surface area contributed by atoms with Crippen LogP contribution in [0, 0.1) is 6.92 Å². The predicted octanol–water partition coefficient (Wildman–Crippen LogP) is 3.99. The molecule has 0 aliphatic heterocycles. The van der Waals surface area contributed by atoms with E-state index in [4.69, 9.17) is 9.26 Å². The van der Waals surface area contributed by atoms with Crippen molar-refractivity contribution in [3.63, 3.8) is 0 Å². The zero-order chi connectivity index (χ0) is 14.1. The number of benzene rings is 1. The molecule has 0 amide bonds. The molecule has 0 N–H and O–H groups in total. The molecule has 0 atom stereocenters. The maximum absolute atomic E-state index is 5.83. The van der Waals surface area contributed by atoms with Gasteiger partial charge in [0.05, 0.1) is 11.8 Å². The van der Waals surface area contributed by atoms with Gasteiger partial charge in [0.25, 0.3) is 0 Å². The lowest BCUT2D eigenvalue weighted by Gasteiger charge is -2.11. The van der Waals surface area contributed by atoms with Crippen LogP contribution in [0.2, 0.25) is 0 Å². The van der Waals surface area contributed by atoms with E-state index in [0.717, 1.165) is 22.5 Å². The summed E-state index contributed by atoms with van der Waals surface area (Å²) in [5, 5.41) is 3.98. The van der Waals surface area contributed by atoms with Crippen LogP contribution < -0.4 is 4.74 Å². The SMILES string of the molecule is Cc1noc2c(OC(C)C)cc(-c3ccccc3)nc12. The summed E-state index contributed by atoms with van der Waals surface area (Å²) >= 11 is 0. The van der Waals surface area contributed by atoms with Gasteiger partial charge >= 0.3 is 0 Å². The van der Waals surface area contributed by atoms with Crippen molar-refractivity contribution in [3.05, 3.63) is 42.1 Å². The fourth-order valence-corrected chi connectivity index (χ4v) is 2.10. The van der Waals surface area contributed by atoms with Crippen LogP contribution in [0.3, 0.4) is 0 Å². The van der Waals surface area contributed by atoms with Crippen molar-refractivity contribution in [2.75, 3.05) is 0 Å². The van der Waals surface area contributed by atoms with E-state index in [-0.39, 0.29) is 6.10 Å². The predicted molar refractivity (Wildman–Crippen MR) is 77.7 cm³/mol. The van der Waals surface area contributed by atoms with Gasteiger partial charge in [0.2, 0.25) is 5.58 Å². The van der Waals surface area contributed by atoms with Crippen molar-refractivity contribution < 1.29 is 9.26 Å². The lowest BCUT2D eigenvalue weighted by molar-refractivity contribution is 0.240. The van der Waals surface area contributed by atoms with Gasteiger partial charge in [0, 0.05) is 11.6 Å². The number of ether oxygens (including phenoxy) is 1. The average Bonchev–Trinajstić information content (AvgIpc) is 2.81. The number of pyridine rings is 1. The molecule has 0 saturated carbocycles. The van der Waals surface area contributed by atoms with Crippen LogP contribution >= 0.6 is 0 Å². The summed E-state index contributed by atoms with van der Waals surface area (Å²) in [5.74, 6) is 0.685. The van der Waals surface area contributed by atoms with Crippen LogP contribution in [-0.4, -0.2) is 16.2 Å². The summed E-state index contributed by atoms with van der Waals surface area (Å²) in [5.41, 5.74) is 4.04. The summed E-state index contributed by atoms with van der Waals surface area (Å²) in [7, 11) is 0. The molecule has 0 fully saturated rings. The molecule has 0 aliphatic rings. The Hall–Kier alpha value is -2.36. The molecule has 0 aliphatic carbocycles. The van der Waals surface area contributed by atoms with Crippen LogP contribution in [-0.2, 0) is 0 Å². The molecule has 4 nitrogen and oxygen atoms in total. The minimum Gasteiger partial charge on any atom is -0.487 e. The Morgan fingerprint density at radius 1 is 1.15 bits per heavy atom. The van der Waals surface area contributed by atoms with Crippen molar-refractivity contribution >= 4 is 11.1 Å². The molecule has 4 heteroatoms. The first-order valence-corrected chi connectivity index (χ1v) is 6.64. The van der Waals surface area contributed by atoms with Crippen molar-refractivity contribution in [1.82, 2.24) is 10.1 Å². The first kappa shape index (κ1) is 12.7. The van der Waals surface area contributed by atoms with E-state index >= 15 is 0 Å². The molecule has 3 aromatic rings. The van der Waals surface area contributed by atoms with Gasteiger partial charge < -0.3 is 9.26 Å². The number of nitrogens with zero attached hydrogens (tertiary/aromatic N) is 2. The second-order valence-electron chi connectivity index (χ2n) is 4.98. The molecule has 20 heavy (non-hydrogen) atoms. The average molecular weight is 268 g/mol. The van der Waals surface area contributed by atoms with Crippen LogP contribution in [0.1, 0.15) is 19.5 Å². The van der Waals surface area contributed by atoms with Gasteiger partial charge in [0.1, 0.15) is 11.2 Å². The van der Waals surface area contributed by atoms with Crippen LogP contribution in [0.15, 0.2) is 40.9 Å². The van der Waals surface area contributed by atoms with Gasteiger partial charge in [-0.25, -0.2) is 4.98 Å². The molecule has 0 radical (unpaired) electrons. The van der Waals surface area contributed by atoms with Gasteiger partial charge in [-0.3, -0.25) is 0 Å². The lowest BCUT2D eigenvalue weighted by atomic mass is 10.1. The third kappa shape index (κ3) is 2.25. The van der Waals surface area contributed by atoms with Gasteiger partial charge in [0.15, 0.2) is 5.75 Å². The number of fused-ring (bicyclic) bond motifs is 1. The largest absolute Gasteiger partial charge is 0.487 e. The maximum Gasteiger partial charge on any atom is 0.227 e. The lowest BCUT2D eigenvalue weighted by Crippen LogP contribution is -2.06. The van der Waals surface area contributed by atoms with E-state index < -0.39 is 0 Å². The van der Waals surface area contributed by atoms with Crippen LogP contribution in [0.5, 0.6) is 5.75 Å². The Bertz CT molecular complexity index is 733. The van der Waals surface area contributed by atoms with Crippen LogP contribution in [0.25, 0.3) is 22.4 Å². The maximum atomic E-state index is 5.83. The molecule has 2 heterocycles. The Morgan fingerprint density at radius 3 is 2.60 bits per heavy atom. The molecule has 3 rings (SSSR count). The standard InChI is InChI=1S/C16H16N2O2/c1-10(2)19-14-9-13(12-7-5-4-6-8-12)17-15-11(3)18-20-16(14)15/h4-10H,1-3H3. The van der Waals surface area contributed by atoms with Gasteiger partial charge in [-0.1, -0.05) is 35.5 Å².